The Balaban J connectivity index is 1.63. The molecule has 0 aliphatic carbocycles. The summed E-state index contributed by atoms with van der Waals surface area (Å²) in [5, 5.41) is 3.57. The van der Waals surface area contributed by atoms with Crippen molar-refractivity contribution < 1.29 is 0 Å². The first-order chi connectivity index (χ1) is 7.42. The van der Waals surface area contributed by atoms with E-state index >= 15 is 0 Å². The molecule has 1 aromatic rings. The van der Waals surface area contributed by atoms with Gasteiger partial charge in [0.2, 0.25) is 0 Å². The summed E-state index contributed by atoms with van der Waals surface area (Å²) >= 11 is 0. The maximum atomic E-state index is 3.57. The number of fused-ring (bicyclic) bond motifs is 1. The van der Waals surface area contributed by atoms with Crippen molar-refractivity contribution in [2.75, 3.05) is 13.1 Å². The molecule has 0 aromatic heterocycles. The minimum Gasteiger partial charge on any atom is -0.313 e. The zero-order chi connectivity index (χ0) is 10.1. The predicted octanol–water partition coefficient (Wildman–Crippen LogP) is 1.75. The highest BCUT2D eigenvalue weighted by atomic mass is 15.2. The van der Waals surface area contributed by atoms with Gasteiger partial charge < -0.3 is 5.32 Å². The van der Waals surface area contributed by atoms with Gasteiger partial charge in [-0.2, -0.15) is 0 Å². The van der Waals surface area contributed by atoms with E-state index in [4.69, 9.17) is 0 Å². The molecule has 0 spiro atoms. The third-order valence-electron chi connectivity index (χ3n) is 3.55. The van der Waals surface area contributed by atoms with Gasteiger partial charge in [0.1, 0.15) is 0 Å². The van der Waals surface area contributed by atoms with Gasteiger partial charge in [0, 0.05) is 25.7 Å². The van der Waals surface area contributed by atoms with Crippen molar-refractivity contribution in [1.29, 1.82) is 0 Å². The summed E-state index contributed by atoms with van der Waals surface area (Å²) in [4.78, 5) is 2.56. The molecule has 15 heavy (non-hydrogen) atoms. The van der Waals surface area contributed by atoms with Gasteiger partial charge in [-0.05, 0) is 30.5 Å². The SMILES string of the molecule is c1ccc2c(c1)CN(CC1CCCN1)C2. The van der Waals surface area contributed by atoms with Crippen LogP contribution < -0.4 is 5.32 Å². The second kappa shape index (κ2) is 3.95. The molecular formula is C13H18N2. The lowest BCUT2D eigenvalue weighted by Gasteiger charge is -2.19. The quantitative estimate of drug-likeness (QED) is 0.786. The van der Waals surface area contributed by atoms with E-state index in [9.17, 15) is 0 Å². The molecule has 0 radical (unpaired) electrons. The molecule has 1 atom stereocenters. The van der Waals surface area contributed by atoms with Crippen molar-refractivity contribution >= 4 is 0 Å². The van der Waals surface area contributed by atoms with Crippen LogP contribution in [0.15, 0.2) is 24.3 Å². The van der Waals surface area contributed by atoms with Gasteiger partial charge in [-0.1, -0.05) is 24.3 Å². The Hall–Kier alpha value is -0.860. The minimum atomic E-state index is 0.735. The molecule has 0 bridgehead atoms. The van der Waals surface area contributed by atoms with E-state index in [1.165, 1.54) is 37.1 Å². The van der Waals surface area contributed by atoms with Crippen molar-refractivity contribution in [2.45, 2.75) is 32.0 Å². The van der Waals surface area contributed by atoms with E-state index in [2.05, 4.69) is 34.5 Å². The Morgan fingerprint density at radius 3 is 2.53 bits per heavy atom. The van der Waals surface area contributed by atoms with Gasteiger partial charge in [-0.15, -0.1) is 0 Å². The Labute approximate surface area is 91.3 Å². The molecule has 2 heterocycles. The lowest BCUT2D eigenvalue weighted by atomic mass is 10.1. The first-order valence-corrected chi connectivity index (χ1v) is 5.94. The summed E-state index contributed by atoms with van der Waals surface area (Å²) in [6, 6.07) is 9.56. The summed E-state index contributed by atoms with van der Waals surface area (Å²) in [5.74, 6) is 0. The van der Waals surface area contributed by atoms with Gasteiger partial charge in [-0.25, -0.2) is 0 Å². The van der Waals surface area contributed by atoms with Crippen LogP contribution in [0.4, 0.5) is 0 Å². The first kappa shape index (κ1) is 9.37. The van der Waals surface area contributed by atoms with E-state index < -0.39 is 0 Å². The second-order valence-electron chi connectivity index (χ2n) is 4.73. The average molecular weight is 202 g/mol. The van der Waals surface area contributed by atoms with E-state index in [-0.39, 0.29) is 0 Å². The summed E-state index contributed by atoms with van der Waals surface area (Å²) in [5.41, 5.74) is 3.05. The fourth-order valence-electron chi connectivity index (χ4n) is 2.76. The molecule has 2 aliphatic heterocycles. The monoisotopic (exact) mass is 202 g/mol. The Kier molecular flexibility index (Phi) is 2.47. The lowest BCUT2D eigenvalue weighted by molar-refractivity contribution is 0.256. The Morgan fingerprint density at radius 2 is 1.93 bits per heavy atom. The first-order valence-electron chi connectivity index (χ1n) is 5.94. The smallest absolute Gasteiger partial charge is 0.0241 e. The van der Waals surface area contributed by atoms with Crippen LogP contribution in [-0.4, -0.2) is 24.0 Å². The largest absolute Gasteiger partial charge is 0.313 e. The van der Waals surface area contributed by atoms with Crippen LogP contribution in [0.5, 0.6) is 0 Å². The number of hydrogen-bond acceptors (Lipinski definition) is 2. The van der Waals surface area contributed by atoms with Crippen LogP contribution in [0.3, 0.4) is 0 Å². The molecule has 1 aromatic carbocycles. The maximum absolute atomic E-state index is 3.57. The fourth-order valence-corrected chi connectivity index (χ4v) is 2.76. The maximum Gasteiger partial charge on any atom is 0.0241 e. The van der Waals surface area contributed by atoms with Crippen LogP contribution in [0.2, 0.25) is 0 Å². The number of hydrogen-bond donors (Lipinski definition) is 1. The van der Waals surface area contributed by atoms with Crippen molar-refractivity contribution in [3.8, 4) is 0 Å². The zero-order valence-corrected chi connectivity index (χ0v) is 9.08. The topological polar surface area (TPSA) is 15.3 Å². The number of nitrogens with zero attached hydrogens (tertiary/aromatic N) is 1. The minimum absolute atomic E-state index is 0.735. The van der Waals surface area contributed by atoms with Crippen molar-refractivity contribution in [3.63, 3.8) is 0 Å². The lowest BCUT2D eigenvalue weighted by Crippen LogP contribution is -2.34. The van der Waals surface area contributed by atoms with Crippen LogP contribution >= 0.6 is 0 Å². The molecular weight excluding hydrogens is 184 g/mol. The van der Waals surface area contributed by atoms with E-state index in [0.29, 0.717) is 0 Å². The molecule has 80 valence electrons. The molecule has 0 saturated carbocycles. The third kappa shape index (κ3) is 1.92. The zero-order valence-electron chi connectivity index (χ0n) is 9.08. The average Bonchev–Trinajstić information content (AvgIpc) is 2.86. The standard InChI is InChI=1S/C13H18N2/c1-2-5-12-9-15(8-11(12)4-1)10-13-6-3-7-14-13/h1-2,4-5,13-14H,3,6-10H2. The van der Waals surface area contributed by atoms with Gasteiger partial charge >= 0.3 is 0 Å². The van der Waals surface area contributed by atoms with Gasteiger partial charge in [0.25, 0.3) is 0 Å². The Bertz CT molecular complexity index is 317. The predicted molar refractivity (Wildman–Crippen MR) is 61.6 cm³/mol. The molecule has 1 unspecified atom stereocenters. The molecule has 0 amide bonds. The van der Waals surface area contributed by atoms with Crippen LogP contribution in [0.25, 0.3) is 0 Å². The Morgan fingerprint density at radius 1 is 1.20 bits per heavy atom. The molecule has 1 N–H and O–H groups in total. The van der Waals surface area contributed by atoms with E-state index in [0.717, 1.165) is 19.1 Å². The molecule has 2 aliphatic rings. The molecule has 3 rings (SSSR count). The third-order valence-corrected chi connectivity index (χ3v) is 3.55. The van der Waals surface area contributed by atoms with Crippen LogP contribution in [-0.2, 0) is 13.1 Å². The highest BCUT2D eigenvalue weighted by Crippen LogP contribution is 2.23. The second-order valence-corrected chi connectivity index (χ2v) is 4.73. The summed E-state index contributed by atoms with van der Waals surface area (Å²) in [6.07, 6.45) is 2.71. The highest BCUT2D eigenvalue weighted by molar-refractivity contribution is 5.30. The molecule has 1 saturated heterocycles. The normalized spacial score (nSPS) is 25.7. The van der Waals surface area contributed by atoms with Gasteiger partial charge in [0.15, 0.2) is 0 Å². The van der Waals surface area contributed by atoms with Gasteiger partial charge in [-0.3, -0.25) is 4.90 Å². The number of rotatable bonds is 2. The fraction of sp³-hybridized carbons (Fsp3) is 0.538. The van der Waals surface area contributed by atoms with Gasteiger partial charge in [0.05, 0.1) is 0 Å². The molecule has 2 heteroatoms. The van der Waals surface area contributed by atoms with Crippen LogP contribution in [0.1, 0.15) is 24.0 Å². The van der Waals surface area contributed by atoms with Crippen LogP contribution in [0, 0.1) is 0 Å². The summed E-state index contributed by atoms with van der Waals surface area (Å²) < 4.78 is 0. The highest BCUT2D eigenvalue weighted by Gasteiger charge is 2.22. The summed E-state index contributed by atoms with van der Waals surface area (Å²) in [7, 11) is 0. The number of nitrogens with one attached hydrogen (secondary N) is 1. The molecule has 1 fully saturated rings. The number of benzene rings is 1. The van der Waals surface area contributed by atoms with E-state index in [1.807, 2.05) is 0 Å². The molecule has 2 nitrogen and oxygen atoms in total. The van der Waals surface area contributed by atoms with Crippen molar-refractivity contribution in [3.05, 3.63) is 35.4 Å². The summed E-state index contributed by atoms with van der Waals surface area (Å²) in [6.45, 7) is 4.73. The van der Waals surface area contributed by atoms with E-state index in [1.54, 1.807) is 0 Å². The van der Waals surface area contributed by atoms with Crippen molar-refractivity contribution in [2.24, 2.45) is 0 Å². The van der Waals surface area contributed by atoms with Crippen molar-refractivity contribution in [1.82, 2.24) is 10.2 Å².